The highest BCUT2D eigenvalue weighted by atomic mass is 16.6. The normalized spacial score (nSPS) is 20.2. The van der Waals surface area contributed by atoms with Crippen molar-refractivity contribution in [1.29, 1.82) is 0 Å². The molecule has 1 unspecified atom stereocenters. The molecule has 0 aliphatic carbocycles. The van der Waals surface area contributed by atoms with Gasteiger partial charge in [-0.1, -0.05) is 0 Å². The molecule has 0 bridgehead atoms. The van der Waals surface area contributed by atoms with E-state index in [0.29, 0.717) is 18.2 Å². The van der Waals surface area contributed by atoms with Crippen LogP contribution in [0.3, 0.4) is 0 Å². The third-order valence-electron chi connectivity index (χ3n) is 3.52. The summed E-state index contributed by atoms with van der Waals surface area (Å²) in [7, 11) is 1.78. The molecule has 100 valence electrons. The average molecular weight is 254 g/mol. The Kier molecular flexibility index (Phi) is 3.51. The zero-order valence-corrected chi connectivity index (χ0v) is 10.7. The molecule has 1 aromatic rings. The Morgan fingerprint density at radius 2 is 2.33 bits per heavy atom. The zero-order chi connectivity index (χ0) is 13.3. The second kappa shape index (κ2) is 4.93. The van der Waals surface area contributed by atoms with Crippen molar-refractivity contribution >= 4 is 11.6 Å². The lowest BCUT2D eigenvalue weighted by molar-refractivity contribution is -0.388. The summed E-state index contributed by atoms with van der Waals surface area (Å²) in [5, 5.41) is 20.3. The lowest BCUT2D eigenvalue weighted by Crippen LogP contribution is -2.38. The number of hydrogen-bond donors (Lipinski definition) is 1. The van der Waals surface area contributed by atoms with Crippen LogP contribution in [-0.2, 0) is 7.05 Å². The van der Waals surface area contributed by atoms with Gasteiger partial charge in [0.2, 0.25) is 11.6 Å². The third kappa shape index (κ3) is 2.17. The van der Waals surface area contributed by atoms with E-state index in [9.17, 15) is 15.2 Å². The number of hydrogen-bond acceptors (Lipinski definition) is 5. The molecule has 0 amide bonds. The quantitative estimate of drug-likeness (QED) is 0.638. The van der Waals surface area contributed by atoms with Crippen molar-refractivity contribution in [2.45, 2.75) is 19.8 Å². The van der Waals surface area contributed by atoms with Gasteiger partial charge in [-0.25, -0.2) is 0 Å². The minimum absolute atomic E-state index is 0.0893. The van der Waals surface area contributed by atoms with Gasteiger partial charge < -0.3 is 20.1 Å². The number of rotatable bonds is 3. The standard InChI is InChI=1S/C11H18N4O3/c1-8-12-10(15(17)18)11(13(8)2)14-5-3-4-9(6-14)7-16/h9,16H,3-7H2,1-2H3. The first-order valence-corrected chi connectivity index (χ1v) is 6.08. The summed E-state index contributed by atoms with van der Waals surface area (Å²) in [4.78, 5) is 16.6. The van der Waals surface area contributed by atoms with Crippen molar-refractivity contribution in [1.82, 2.24) is 9.55 Å². The Labute approximate surface area is 105 Å². The predicted octanol–water partition coefficient (Wildman–Crippen LogP) is 0.845. The molecule has 18 heavy (non-hydrogen) atoms. The van der Waals surface area contributed by atoms with E-state index in [1.165, 1.54) is 0 Å². The molecule has 0 saturated carbocycles. The molecule has 2 rings (SSSR count). The van der Waals surface area contributed by atoms with Crippen molar-refractivity contribution in [2.75, 3.05) is 24.6 Å². The van der Waals surface area contributed by atoms with E-state index in [1.807, 2.05) is 4.90 Å². The van der Waals surface area contributed by atoms with Crippen LogP contribution in [0.4, 0.5) is 11.6 Å². The molecule has 1 aliphatic rings. The second-order valence-corrected chi connectivity index (χ2v) is 4.76. The Bertz CT molecular complexity index is 457. The maximum Gasteiger partial charge on any atom is 0.406 e. The number of aromatic nitrogens is 2. The van der Waals surface area contributed by atoms with E-state index >= 15 is 0 Å². The van der Waals surface area contributed by atoms with Crippen LogP contribution in [0.15, 0.2) is 0 Å². The van der Waals surface area contributed by atoms with Crippen molar-refractivity contribution in [2.24, 2.45) is 13.0 Å². The van der Waals surface area contributed by atoms with Crippen LogP contribution in [0.25, 0.3) is 0 Å². The fraction of sp³-hybridized carbons (Fsp3) is 0.727. The molecule has 1 N–H and O–H groups in total. The smallest absolute Gasteiger partial charge is 0.396 e. The maximum atomic E-state index is 11.0. The van der Waals surface area contributed by atoms with Gasteiger partial charge in [-0.3, -0.25) is 4.57 Å². The van der Waals surface area contributed by atoms with Crippen molar-refractivity contribution in [3.63, 3.8) is 0 Å². The fourth-order valence-corrected chi connectivity index (χ4v) is 2.46. The Balaban J connectivity index is 2.34. The summed E-state index contributed by atoms with van der Waals surface area (Å²) in [6, 6.07) is 0. The second-order valence-electron chi connectivity index (χ2n) is 4.76. The molecule has 1 atom stereocenters. The largest absolute Gasteiger partial charge is 0.406 e. The predicted molar refractivity (Wildman–Crippen MR) is 66.6 cm³/mol. The van der Waals surface area contributed by atoms with Gasteiger partial charge in [0, 0.05) is 33.7 Å². The highest BCUT2D eigenvalue weighted by Crippen LogP contribution is 2.31. The number of imidazole rings is 1. The highest BCUT2D eigenvalue weighted by Gasteiger charge is 2.31. The van der Waals surface area contributed by atoms with Crippen LogP contribution in [0.1, 0.15) is 18.7 Å². The molecule has 1 aliphatic heterocycles. The van der Waals surface area contributed by atoms with E-state index in [2.05, 4.69) is 4.98 Å². The first kappa shape index (κ1) is 12.8. The highest BCUT2D eigenvalue weighted by molar-refractivity contribution is 5.56. The average Bonchev–Trinajstić information content (AvgIpc) is 2.66. The number of nitro groups is 1. The Hall–Kier alpha value is -1.63. The summed E-state index contributed by atoms with van der Waals surface area (Å²) < 4.78 is 1.75. The summed E-state index contributed by atoms with van der Waals surface area (Å²) in [5.74, 6) is 1.28. The minimum Gasteiger partial charge on any atom is -0.396 e. The Morgan fingerprint density at radius 3 is 2.94 bits per heavy atom. The van der Waals surface area contributed by atoms with Crippen LogP contribution >= 0.6 is 0 Å². The summed E-state index contributed by atoms with van der Waals surface area (Å²) in [5.41, 5.74) is 0. The molecule has 0 radical (unpaired) electrons. The van der Waals surface area contributed by atoms with Gasteiger partial charge in [0.15, 0.2) is 0 Å². The zero-order valence-electron chi connectivity index (χ0n) is 10.7. The SMILES string of the molecule is Cc1nc([N+](=O)[O-])c(N2CCCC(CO)C2)n1C. The lowest BCUT2D eigenvalue weighted by Gasteiger charge is -2.32. The van der Waals surface area contributed by atoms with Crippen LogP contribution in [0.5, 0.6) is 0 Å². The number of aryl methyl sites for hydroxylation is 1. The van der Waals surface area contributed by atoms with Gasteiger partial charge in [-0.05, 0) is 28.7 Å². The van der Waals surface area contributed by atoms with E-state index in [1.54, 1.807) is 18.5 Å². The molecule has 1 saturated heterocycles. The van der Waals surface area contributed by atoms with Crippen LogP contribution in [0, 0.1) is 23.0 Å². The molecule has 0 aromatic carbocycles. The van der Waals surface area contributed by atoms with E-state index in [-0.39, 0.29) is 18.3 Å². The first-order chi connectivity index (χ1) is 8.54. The number of piperidine rings is 1. The molecule has 7 heteroatoms. The number of anilines is 1. The van der Waals surface area contributed by atoms with E-state index < -0.39 is 4.92 Å². The van der Waals surface area contributed by atoms with E-state index in [0.717, 1.165) is 19.4 Å². The number of aliphatic hydroxyl groups is 1. The molecular weight excluding hydrogens is 236 g/mol. The summed E-state index contributed by atoms with van der Waals surface area (Å²) >= 11 is 0. The summed E-state index contributed by atoms with van der Waals surface area (Å²) in [6.07, 6.45) is 1.91. The van der Waals surface area contributed by atoms with Crippen LogP contribution < -0.4 is 4.90 Å². The van der Waals surface area contributed by atoms with Crippen LogP contribution in [-0.4, -0.2) is 39.3 Å². The molecular formula is C11H18N4O3. The fourth-order valence-electron chi connectivity index (χ4n) is 2.46. The Morgan fingerprint density at radius 1 is 1.61 bits per heavy atom. The van der Waals surface area contributed by atoms with Gasteiger partial charge in [0.1, 0.15) is 0 Å². The molecule has 0 spiro atoms. The summed E-state index contributed by atoms with van der Waals surface area (Å²) in [6.45, 7) is 3.30. The first-order valence-electron chi connectivity index (χ1n) is 6.08. The number of aliphatic hydroxyl groups excluding tert-OH is 1. The van der Waals surface area contributed by atoms with E-state index in [4.69, 9.17) is 0 Å². The topological polar surface area (TPSA) is 84.4 Å². The molecule has 1 fully saturated rings. The molecule has 7 nitrogen and oxygen atoms in total. The van der Waals surface area contributed by atoms with Crippen molar-refractivity contribution in [3.8, 4) is 0 Å². The van der Waals surface area contributed by atoms with Gasteiger partial charge in [-0.2, -0.15) is 0 Å². The van der Waals surface area contributed by atoms with Gasteiger partial charge in [0.05, 0.1) is 0 Å². The lowest BCUT2D eigenvalue weighted by atomic mass is 9.99. The van der Waals surface area contributed by atoms with Gasteiger partial charge in [-0.15, -0.1) is 0 Å². The molecule has 2 heterocycles. The van der Waals surface area contributed by atoms with Crippen LogP contribution in [0.2, 0.25) is 0 Å². The third-order valence-corrected chi connectivity index (χ3v) is 3.52. The van der Waals surface area contributed by atoms with Gasteiger partial charge >= 0.3 is 5.82 Å². The number of nitrogens with zero attached hydrogens (tertiary/aromatic N) is 4. The minimum atomic E-state index is -0.440. The van der Waals surface area contributed by atoms with Gasteiger partial charge in [0.25, 0.3) is 0 Å². The van der Waals surface area contributed by atoms with Crippen molar-refractivity contribution in [3.05, 3.63) is 15.9 Å². The monoisotopic (exact) mass is 254 g/mol. The molecule has 1 aromatic heterocycles. The van der Waals surface area contributed by atoms with Crippen molar-refractivity contribution < 1.29 is 10.0 Å². The maximum absolute atomic E-state index is 11.0.